The standard InChI is InChI=1S/C13H18N4O4/c1-7-6-9(21-3)15-11(14-7)16-12(20)17-13(2,10(18)19)8-4-5-8/h6,8H,4-5H2,1-3H3,(H,18,19)(H2,14,15,16,17,20). The summed E-state index contributed by atoms with van der Waals surface area (Å²) in [5, 5.41) is 14.2. The Hall–Kier alpha value is -2.38. The third-order valence-electron chi connectivity index (χ3n) is 3.48. The molecule has 1 saturated carbocycles. The number of amides is 2. The van der Waals surface area contributed by atoms with Gasteiger partial charge in [0, 0.05) is 11.8 Å². The van der Waals surface area contributed by atoms with E-state index >= 15 is 0 Å². The van der Waals surface area contributed by atoms with Crippen LogP contribution in [0.5, 0.6) is 5.88 Å². The lowest BCUT2D eigenvalue weighted by molar-refractivity contribution is -0.144. The SMILES string of the molecule is COc1cc(C)nc(NC(=O)NC(C)(C(=O)O)C2CC2)n1. The zero-order chi connectivity index (χ0) is 15.6. The highest BCUT2D eigenvalue weighted by Gasteiger charge is 2.48. The van der Waals surface area contributed by atoms with Crippen LogP contribution in [0.3, 0.4) is 0 Å². The number of urea groups is 1. The molecule has 2 rings (SSSR count). The van der Waals surface area contributed by atoms with Crippen LogP contribution < -0.4 is 15.4 Å². The predicted octanol–water partition coefficient (Wildman–Crippen LogP) is 1.17. The van der Waals surface area contributed by atoms with Crippen molar-refractivity contribution in [1.82, 2.24) is 15.3 Å². The van der Waals surface area contributed by atoms with Gasteiger partial charge in [-0.1, -0.05) is 0 Å². The van der Waals surface area contributed by atoms with Crippen LogP contribution in [0.25, 0.3) is 0 Å². The van der Waals surface area contributed by atoms with Crippen LogP contribution in [0.4, 0.5) is 10.7 Å². The molecule has 1 aliphatic carbocycles. The molecule has 0 radical (unpaired) electrons. The number of hydrogen-bond donors (Lipinski definition) is 3. The number of aryl methyl sites for hydroxylation is 1. The topological polar surface area (TPSA) is 113 Å². The Balaban J connectivity index is 2.07. The second-order valence-corrected chi connectivity index (χ2v) is 5.24. The molecule has 1 atom stereocenters. The van der Waals surface area contributed by atoms with Gasteiger partial charge < -0.3 is 15.2 Å². The summed E-state index contributed by atoms with van der Waals surface area (Å²) in [5.41, 5.74) is -0.654. The van der Waals surface area contributed by atoms with E-state index in [1.165, 1.54) is 14.0 Å². The summed E-state index contributed by atoms with van der Waals surface area (Å²) < 4.78 is 4.99. The van der Waals surface area contributed by atoms with E-state index in [2.05, 4.69) is 20.6 Å². The fraction of sp³-hybridized carbons (Fsp3) is 0.538. The minimum absolute atomic E-state index is 0.0475. The van der Waals surface area contributed by atoms with E-state index in [4.69, 9.17) is 4.74 Å². The molecule has 114 valence electrons. The summed E-state index contributed by atoms with van der Waals surface area (Å²) in [6, 6.07) is 0.966. The molecule has 3 N–H and O–H groups in total. The summed E-state index contributed by atoms with van der Waals surface area (Å²) in [5.74, 6) is -0.717. The molecule has 1 fully saturated rings. The number of nitrogens with zero attached hydrogens (tertiary/aromatic N) is 2. The van der Waals surface area contributed by atoms with Gasteiger partial charge in [-0.25, -0.2) is 14.6 Å². The van der Waals surface area contributed by atoms with Crippen molar-refractivity contribution in [1.29, 1.82) is 0 Å². The Morgan fingerprint density at radius 2 is 2.10 bits per heavy atom. The van der Waals surface area contributed by atoms with Gasteiger partial charge in [0.05, 0.1) is 7.11 Å². The molecule has 1 aliphatic rings. The number of aromatic nitrogens is 2. The molecule has 21 heavy (non-hydrogen) atoms. The molecule has 0 aromatic carbocycles. The number of carbonyl (C=O) groups is 2. The maximum atomic E-state index is 12.0. The fourth-order valence-electron chi connectivity index (χ4n) is 2.06. The lowest BCUT2D eigenvalue weighted by atomic mass is 9.96. The lowest BCUT2D eigenvalue weighted by Crippen LogP contribution is -2.55. The normalized spacial score (nSPS) is 16.7. The molecule has 0 bridgehead atoms. The van der Waals surface area contributed by atoms with Crippen LogP contribution in [0, 0.1) is 12.8 Å². The van der Waals surface area contributed by atoms with Crippen molar-refractivity contribution in [3.8, 4) is 5.88 Å². The quantitative estimate of drug-likeness (QED) is 0.751. The molecule has 1 aromatic rings. The number of aliphatic carboxylic acids is 1. The number of carbonyl (C=O) groups excluding carboxylic acids is 1. The highest BCUT2D eigenvalue weighted by atomic mass is 16.5. The number of nitrogens with one attached hydrogen (secondary N) is 2. The molecular formula is C13H18N4O4. The first-order valence-electron chi connectivity index (χ1n) is 6.57. The van der Waals surface area contributed by atoms with Crippen molar-refractivity contribution in [3.05, 3.63) is 11.8 Å². The second kappa shape index (κ2) is 5.55. The highest BCUT2D eigenvalue weighted by molar-refractivity contribution is 5.93. The maximum Gasteiger partial charge on any atom is 0.329 e. The minimum Gasteiger partial charge on any atom is -0.481 e. The second-order valence-electron chi connectivity index (χ2n) is 5.24. The third-order valence-corrected chi connectivity index (χ3v) is 3.48. The van der Waals surface area contributed by atoms with Crippen molar-refractivity contribution in [2.75, 3.05) is 12.4 Å². The average molecular weight is 294 g/mol. The first-order valence-corrected chi connectivity index (χ1v) is 6.57. The first kappa shape index (κ1) is 15.0. The highest BCUT2D eigenvalue weighted by Crippen LogP contribution is 2.39. The summed E-state index contributed by atoms with van der Waals surface area (Å²) in [6.07, 6.45) is 1.58. The van der Waals surface area contributed by atoms with Gasteiger partial charge in [0.2, 0.25) is 11.8 Å². The van der Waals surface area contributed by atoms with Crippen LogP contribution in [0.15, 0.2) is 6.07 Å². The van der Waals surface area contributed by atoms with Crippen molar-refractivity contribution in [2.24, 2.45) is 5.92 Å². The van der Waals surface area contributed by atoms with Gasteiger partial charge in [-0.2, -0.15) is 4.98 Å². The average Bonchev–Trinajstić information content (AvgIpc) is 3.21. The molecule has 1 heterocycles. The number of carboxylic acid groups (broad SMARTS) is 1. The van der Waals surface area contributed by atoms with Gasteiger partial charge in [-0.15, -0.1) is 0 Å². The smallest absolute Gasteiger partial charge is 0.329 e. The number of methoxy groups -OCH3 is 1. The van der Waals surface area contributed by atoms with Gasteiger partial charge in [-0.3, -0.25) is 5.32 Å². The van der Waals surface area contributed by atoms with E-state index < -0.39 is 17.5 Å². The Kier molecular flexibility index (Phi) is 3.97. The van der Waals surface area contributed by atoms with E-state index in [1.54, 1.807) is 13.0 Å². The zero-order valence-electron chi connectivity index (χ0n) is 12.1. The van der Waals surface area contributed by atoms with Crippen LogP contribution in [-0.4, -0.2) is 39.7 Å². The van der Waals surface area contributed by atoms with Crippen LogP contribution >= 0.6 is 0 Å². The summed E-state index contributed by atoms with van der Waals surface area (Å²) in [4.78, 5) is 31.3. The van der Waals surface area contributed by atoms with Crippen molar-refractivity contribution >= 4 is 17.9 Å². The minimum atomic E-state index is -1.28. The number of rotatable bonds is 5. The Labute approximate surface area is 121 Å². The predicted molar refractivity (Wildman–Crippen MR) is 74.2 cm³/mol. The number of anilines is 1. The number of ether oxygens (including phenoxy) is 1. The zero-order valence-corrected chi connectivity index (χ0v) is 12.1. The van der Waals surface area contributed by atoms with Gasteiger partial charge in [0.1, 0.15) is 5.54 Å². The van der Waals surface area contributed by atoms with Gasteiger partial charge in [-0.05, 0) is 32.6 Å². The molecule has 1 unspecified atom stereocenters. The molecule has 8 heteroatoms. The monoisotopic (exact) mass is 294 g/mol. The first-order chi connectivity index (χ1) is 9.85. The molecule has 8 nitrogen and oxygen atoms in total. The number of hydrogen-bond acceptors (Lipinski definition) is 5. The Morgan fingerprint density at radius 3 is 2.62 bits per heavy atom. The fourth-order valence-corrected chi connectivity index (χ4v) is 2.06. The van der Waals surface area contributed by atoms with E-state index in [0.29, 0.717) is 11.6 Å². The van der Waals surface area contributed by atoms with Gasteiger partial charge >= 0.3 is 12.0 Å². The van der Waals surface area contributed by atoms with Crippen molar-refractivity contribution in [2.45, 2.75) is 32.2 Å². The molecule has 1 aromatic heterocycles. The third kappa shape index (κ3) is 3.39. The van der Waals surface area contributed by atoms with Crippen molar-refractivity contribution in [3.63, 3.8) is 0 Å². The summed E-state index contributed by atoms with van der Waals surface area (Å²) in [6.45, 7) is 3.24. The van der Waals surface area contributed by atoms with E-state index in [-0.39, 0.29) is 11.9 Å². The maximum absolute atomic E-state index is 12.0. The summed E-state index contributed by atoms with van der Waals surface area (Å²) >= 11 is 0. The van der Waals surface area contributed by atoms with E-state index in [1.807, 2.05) is 0 Å². The van der Waals surface area contributed by atoms with Gasteiger partial charge in [0.25, 0.3) is 0 Å². The molecule has 0 saturated heterocycles. The van der Waals surface area contributed by atoms with E-state index in [9.17, 15) is 14.7 Å². The largest absolute Gasteiger partial charge is 0.481 e. The van der Waals surface area contributed by atoms with Crippen molar-refractivity contribution < 1.29 is 19.4 Å². The molecule has 0 spiro atoms. The Bertz CT molecular complexity index is 573. The molecular weight excluding hydrogens is 276 g/mol. The summed E-state index contributed by atoms with van der Waals surface area (Å²) in [7, 11) is 1.46. The Morgan fingerprint density at radius 1 is 1.43 bits per heavy atom. The van der Waals surface area contributed by atoms with E-state index in [0.717, 1.165) is 12.8 Å². The number of carboxylic acids is 1. The molecule has 2 amide bonds. The van der Waals surface area contributed by atoms with Crippen LogP contribution in [-0.2, 0) is 4.79 Å². The van der Waals surface area contributed by atoms with Crippen LogP contribution in [0.2, 0.25) is 0 Å². The molecule has 0 aliphatic heterocycles. The van der Waals surface area contributed by atoms with Crippen LogP contribution in [0.1, 0.15) is 25.5 Å². The lowest BCUT2D eigenvalue weighted by Gasteiger charge is -2.25. The van der Waals surface area contributed by atoms with Gasteiger partial charge in [0.15, 0.2) is 0 Å².